The van der Waals surface area contributed by atoms with Gasteiger partial charge < -0.3 is 15.0 Å². The lowest BCUT2D eigenvalue weighted by Gasteiger charge is -2.35. The topological polar surface area (TPSA) is 41.6 Å². The third-order valence-corrected chi connectivity index (χ3v) is 4.31. The number of fused-ring (bicyclic) bond motifs is 1. The second kappa shape index (κ2) is 7.39. The first-order valence-corrected chi connectivity index (χ1v) is 8.55. The summed E-state index contributed by atoms with van der Waals surface area (Å²) in [6.07, 6.45) is 1.58. The van der Waals surface area contributed by atoms with Crippen LogP contribution in [0.2, 0.25) is 0 Å². The zero-order chi connectivity index (χ0) is 16.9. The van der Waals surface area contributed by atoms with Gasteiger partial charge in [-0.3, -0.25) is 4.79 Å². The van der Waals surface area contributed by atoms with Gasteiger partial charge in [0.2, 0.25) is 5.91 Å². The predicted octanol–water partition coefficient (Wildman–Crippen LogP) is 4.00. The van der Waals surface area contributed by atoms with E-state index in [1.807, 2.05) is 60.4 Å². The standard InChI is InChI=1S/C20H24N2O2/c1-3-17-20(23)22(19-8-5-4-7-18(19)21-17)13-6-14-24-16-11-9-15(2)10-12-16/h4-5,7-12,17,21H,3,6,13-14H2,1-2H3. The Balaban J connectivity index is 1.61. The zero-order valence-corrected chi connectivity index (χ0v) is 14.3. The lowest BCUT2D eigenvalue weighted by Crippen LogP contribution is -2.47. The molecule has 4 nitrogen and oxygen atoms in total. The SMILES string of the molecule is CCC1Nc2ccccc2N(CCCOc2ccc(C)cc2)C1=O. The Morgan fingerprint density at radius 3 is 2.62 bits per heavy atom. The van der Waals surface area contributed by atoms with Gasteiger partial charge in [0.15, 0.2) is 0 Å². The van der Waals surface area contributed by atoms with Crippen molar-refractivity contribution in [1.29, 1.82) is 0 Å². The molecule has 1 aliphatic heterocycles. The largest absolute Gasteiger partial charge is 0.494 e. The van der Waals surface area contributed by atoms with Crippen LogP contribution < -0.4 is 15.0 Å². The molecule has 4 heteroatoms. The van der Waals surface area contributed by atoms with Crippen LogP contribution in [-0.4, -0.2) is 25.1 Å². The van der Waals surface area contributed by atoms with E-state index in [1.165, 1.54) is 5.56 Å². The highest BCUT2D eigenvalue weighted by Gasteiger charge is 2.30. The number of rotatable bonds is 6. The number of carbonyl (C=O) groups is 1. The average Bonchev–Trinajstić information content (AvgIpc) is 2.61. The van der Waals surface area contributed by atoms with E-state index in [2.05, 4.69) is 12.2 Å². The molecule has 2 aromatic carbocycles. The van der Waals surface area contributed by atoms with E-state index in [-0.39, 0.29) is 11.9 Å². The van der Waals surface area contributed by atoms with Gasteiger partial charge in [-0.15, -0.1) is 0 Å². The Kier molecular flexibility index (Phi) is 5.04. The molecule has 1 N–H and O–H groups in total. The molecule has 1 unspecified atom stereocenters. The van der Waals surface area contributed by atoms with Gasteiger partial charge in [-0.2, -0.15) is 0 Å². The first-order valence-electron chi connectivity index (χ1n) is 8.55. The van der Waals surface area contributed by atoms with Crippen LogP contribution in [0.15, 0.2) is 48.5 Å². The van der Waals surface area contributed by atoms with Gasteiger partial charge in [-0.25, -0.2) is 0 Å². The lowest BCUT2D eigenvalue weighted by atomic mass is 10.1. The summed E-state index contributed by atoms with van der Waals surface area (Å²) in [5.74, 6) is 1.02. The van der Waals surface area contributed by atoms with Crippen LogP contribution in [0.1, 0.15) is 25.3 Å². The molecule has 0 bridgehead atoms. The Labute approximate surface area is 143 Å². The fraction of sp³-hybridized carbons (Fsp3) is 0.350. The maximum absolute atomic E-state index is 12.6. The fourth-order valence-corrected chi connectivity index (χ4v) is 2.94. The molecule has 0 aliphatic carbocycles. The van der Waals surface area contributed by atoms with Gasteiger partial charge in [-0.1, -0.05) is 36.8 Å². The number of nitrogens with zero attached hydrogens (tertiary/aromatic N) is 1. The number of aryl methyl sites for hydroxylation is 1. The summed E-state index contributed by atoms with van der Waals surface area (Å²) in [6.45, 7) is 5.35. The third-order valence-electron chi connectivity index (χ3n) is 4.31. The van der Waals surface area contributed by atoms with Crippen LogP contribution in [0.3, 0.4) is 0 Å². The van der Waals surface area contributed by atoms with Gasteiger partial charge >= 0.3 is 0 Å². The normalized spacial score (nSPS) is 16.5. The van der Waals surface area contributed by atoms with Crippen molar-refractivity contribution in [3.05, 3.63) is 54.1 Å². The van der Waals surface area contributed by atoms with Crippen LogP contribution in [0.25, 0.3) is 0 Å². The van der Waals surface area contributed by atoms with Crippen molar-refractivity contribution in [3.8, 4) is 5.75 Å². The Bertz CT molecular complexity index is 697. The average molecular weight is 324 g/mol. The zero-order valence-electron chi connectivity index (χ0n) is 14.3. The van der Waals surface area contributed by atoms with Gasteiger partial charge in [0, 0.05) is 6.54 Å². The van der Waals surface area contributed by atoms with Crippen molar-refractivity contribution in [2.45, 2.75) is 32.7 Å². The molecular formula is C20H24N2O2. The quantitative estimate of drug-likeness (QED) is 0.817. The molecule has 0 aromatic heterocycles. The number of ether oxygens (including phenoxy) is 1. The Morgan fingerprint density at radius 2 is 1.88 bits per heavy atom. The van der Waals surface area contributed by atoms with Crippen LogP contribution in [0.4, 0.5) is 11.4 Å². The molecule has 2 aromatic rings. The molecule has 1 amide bonds. The van der Waals surface area contributed by atoms with Crippen molar-refractivity contribution in [3.63, 3.8) is 0 Å². The first kappa shape index (κ1) is 16.4. The number of hydrogen-bond acceptors (Lipinski definition) is 3. The molecule has 3 rings (SSSR count). The maximum Gasteiger partial charge on any atom is 0.249 e. The fourth-order valence-electron chi connectivity index (χ4n) is 2.94. The van der Waals surface area contributed by atoms with Crippen LogP contribution in [-0.2, 0) is 4.79 Å². The van der Waals surface area contributed by atoms with E-state index >= 15 is 0 Å². The van der Waals surface area contributed by atoms with E-state index in [0.29, 0.717) is 13.2 Å². The number of anilines is 2. The smallest absolute Gasteiger partial charge is 0.249 e. The summed E-state index contributed by atoms with van der Waals surface area (Å²) in [5.41, 5.74) is 3.21. The minimum Gasteiger partial charge on any atom is -0.494 e. The maximum atomic E-state index is 12.6. The monoisotopic (exact) mass is 324 g/mol. The van der Waals surface area contributed by atoms with Crippen LogP contribution in [0.5, 0.6) is 5.75 Å². The van der Waals surface area contributed by atoms with Crippen LogP contribution >= 0.6 is 0 Å². The highest BCUT2D eigenvalue weighted by Crippen LogP contribution is 2.31. The molecule has 126 valence electrons. The molecule has 0 fully saturated rings. The van der Waals surface area contributed by atoms with Gasteiger partial charge in [0.25, 0.3) is 0 Å². The number of nitrogens with one attached hydrogen (secondary N) is 1. The summed E-state index contributed by atoms with van der Waals surface area (Å²) in [4.78, 5) is 14.5. The second-order valence-electron chi connectivity index (χ2n) is 6.13. The van der Waals surface area contributed by atoms with Crippen molar-refractivity contribution in [2.24, 2.45) is 0 Å². The van der Waals surface area contributed by atoms with E-state index in [9.17, 15) is 4.79 Å². The molecular weight excluding hydrogens is 300 g/mol. The molecule has 0 saturated carbocycles. The van der Waals surface area contributed by atoms with Gasteiger partial charge in [0.05, 0.1) is 18.0 Å². The minimum absolute atomic E-state index is 0.141. The van der Waals surface area contributed by atoms with Crippen molar-refractivity contribution in [2.75, 3.05) is 23.4 Å². The molecule has 0 saturated heterocycles. The number of amides is 1. The number of para-hydroxylation sites is 2. The predicted molar refractivity (Wildman–Crippen MR) is 97.8 cm³/mol. The Hall–Kier alpha value is -2.49. The van der Waals surface area contributed by atoms with Crippen molar-refractivity contribution >= 4 is 17.3 Å². The van der Waals surface area contributed by atoms with E-state index in [1.54, 1.807) is 0 Å². The summed E-state index contributed by atoms with van der Waals surface area (Å²) in [5, 5.41) is 3.33. The highest BCUT2D eigenvalue weighted by molar-refractivity contribution is 6.04. The van der Waals surface area contributed by atoms with E-state index in [0.717, 1.165) is 30.0 Å². The molecule has 1 heterocycles. The molecule has 0 spiro atoms. The number of hydrogen-bond donors (Lipinski definition) is 1. The van der Waals surface area contributed by atoms with Gasteiger partial charge in [0.1, 0.15) is 11.8 Å². The third kappa shape index (κ3) is 3.53. The van der Waals surface area contributed by atoms with E-state index in [4.69, 9.17) is 4.74 Å². The lowest BCUT2D eigenvalue weighted by molar-refractivity contribution is -0.119. The summed E-state index contributed by atoms with van der Waals surface area (Å²) >= 11 is 0. The molecule has 0 radical (unpaired) electrons. The van der Waals surface area contributed by atoms with Gasteiger partial charge in [-0.05, 0) is 44.0 Å². The minimum atomic E-state index is -0.141. The van der Waals surface area contributed by atoms with Crippen LogP contribution in [0, 0.1) is 6.92 Å². The molecule has 1 aliphatic rings. The molecule has 1 atom stereocenters. The summed E-state index contributed by atoms with van der Waals surface area (Å²) in [6, 6.07) is 15.9. The number of benzene rings is 2. The summed E-state index contributed by atoms with van der Waals surface area (Å²) in [7, 11) is 0. The molecule has 24 heavy (non-hydrogen) atoms. The second-order valence-corrected chi connectivity index (χ2v) is 6.13. The number of carbonyl (C=O) groups excluding carboxylic acids is 1. The van der Waals surface area contributed by atoms with E-state index < -0.39 is 0 Å². The van der Waals surface area contributed by atoms with Crippen molar-refractivity contribution in [1.82, 2.24) is 0 Å². The van der Waals surface area contributed by atoms with Crippen molar-refractivity contribution < 1.29 is 9.53 Å². The first-order chi connectivity index (χ1) is 11.7. The Morgan fingerprint density at radius 1 is 1.12 bits per heavy atom. The summed E-state index contributed by atoms with van der Waals surface area (Å²) < 4.78 is 5.77. The highest BCUT2D eigenvalue weighted by atomic mass is 16.5.